The predicted molar refractivity (Wildman–Crippen MR) is 69.3 cm³/mol. The molecule has 1 unspecified atom stereocenters. The van der Waals surface area contributed by atoms with Gasteiger partial charge in [-0.1, -0.05) is 26.0 Å². The zero-order valence-electron chi connectivity index (χ0n) is 11.4. The van der Waals surface area contributed by atoms with Gasteiger partial charge in [0.05, 0.1) is 5.56 Å². The first-order chi connectivity index (χ1) is 9.21. The van der Waals surface area contributed by atoms with E-state index >= 15 is 0 Å². The molecule has 1 aromatic carbocycles. The molecule has 1 rings (SSSR count). The zero-order valence-corrected chi connectivity index (χ0v) is 11.4. The normalized spacial score (nSPS) is 13.5. The Morgan fingerprint density at radius 2 is 1.80 bits per heavy atom. The number of carboxylic acid groups (broad SMARTS) is 1. The molecule has 0 aliphatic heterocycles. The van der Waals surface area contributed by atoms with Crippen molar-refractivity contribution < 1.29 is 23.1 Å². The average Bonchev–Trinajstić information content (AvgIpc) is 2.33. The molecule has 0 heterocycles. The summed E-state index contributed by atoms with van der Waals surface area (Å²) in [4.78, 5) is 11.2. The van der Waals surface area contributed by atoms with Gasteiger partial charge in [-0.05, 0) is 36.6 Å². The Kier molecular flexibility index (Phi) is 5.56. The summed E-state index contributed by atoms with van der Waals surface area (Å²) in [5, 5.41) is 12.0. The van der Waals surface area contributed by atoms with E-state index in [1.807, 2.05) is 13.8 Å². The molecule has 3 nitrogen and oxygen atoms in total. The lowest BCUT2D eigenvalue weighted by molar-refractivity contribution is -0.139. The van der Waals surface area contributed by atoms with Crippen molar-refractivity contribution in [2.24, 2.45) is 5.92 Å². The van der Waals surface area contributed by atoms with E-state index in [0.29, 0.717) is 18.0 Å². The van der Waals surface area contributed by atoms with E-state index in [4.69, 9.17) is 5.11 Å². The molecule has 2 N–H and O–H groups in total. The molecule has 0 fully saturated rings. The topological polar surface area (TPSA) is 49.3 Å². The number of halogens is 3. The fourth-order valence-electron chi connectivity index (χ4n) is 1.73. The van der Waals surface area contributed by atoms with E-state index in [1.165, 1.54) is 12.1 Å². The first-order valence-corrected chi connectivity index (χ1v) is 6.35. The third-order valence-electron chi connectivity index (χ3n) is 2.89. The zero-order chi connectivity index (χ0) is 15.3. The van der Waals surface area contributed by atoms with Crippen LogP contribution in [0.3, 0.4) is 0 Å². The van der Waals surface area contributed by atoms with Gasteiger partial charge in [-0.25, -0.2) is 0 Å². The van der Waals surface area contributed by atoms with Crippen molar-refractivity contribution in [1.82, 2.24) is 5.32 Å². The molecule has 0 saturated heterocycles. The highest BCUT2D eigenvalue weighted by atomic mass is 19.4. The van der Waals surface area contributed by atoms with Crippen LogP contribution in [0.4, 0.5) is 13.2 Å². The Morgan fingerprint density at radius 1 is 1.25 bits per heavy atom. The third-order valence-corrected chi connectivity index (χ3v) is 2.89. The van der Waals surface area contributed by atoms with Gasteiger partial charge in [0.15, 0.2) is 0 Å². The smallest absolute Gasteiger partial charge is 0.416 e. The Bertz CT molecular complexity index is 441. The first-order valence-electron chi connectivity index (χ1n) is 6.35. The molecule has 1 aromatic rings. The summed E-state index contributed by atoms with van der Waals surface area (Å²) in [5.74, 6) is -0.682. The van der Waals surface area contributed by atoms with E-state index in [1.54, 1.807) is 0 Å². The minimum Gasteiger partial charge on any atom is -0.480 e. The first kappa shape index (κ1) is 16.5. The van der Waals surface area contributed by atoms with Crippen LogP contribution in [-0.4, -0.2) is 17.6 Å². The van der Waals surface area contributed by atoms with Crippen LogP contribution in [0.25, 0.3) is 0 Å². The number of benzene rings is 1. The minimum absolute atomic E-state index is 0.314. The number of carbonyl (C=O) groups is 1. The third kappa shape index (κ3) is 4.85. The van der Waals surface area contributed by atoms with E-state index in [-0.39, 0.29) is 0 Å². The molecule has 0 bridgehead atoms. The summed E-state index contributed by atoms with van der Waals surface area (Å²) in [7, 11) is 0. The second-order valence-electron chi connectivity index (χ2n) is 5.03. The summed E-state index contributed by atoms with van der Waals surface area (Å²) >= 11 is 0. The highest BCUT2D eigenvalue weighted by molar-refractivity contribution is 5.75. The van der Waals surface area contributed by atoms with Gasteiger partial charge in [-0.2, -0.15) is 13.2 Å². The van der Waals surface area contributed by atoms with Crippen LogP contribution in [0, 0.1) is 5.92 Å². The van der Waals surface area contributed by atoms with E-state index in [0.717, 1.165) is 18.6 Å². The van der Waals surface area contributed by atoms with E-state index in [2.05, 4.69) is 5.32 Å². The van der Waals surface area contributed by atoms with Crippen LogP contribution >= 0.6 is 0 Å². The molecule has 0 spiro atoms. The van der Waals surface area contributed by atoms with Gasteiger partial charge >= 0.3 is 12.1 Å². The number of nitrogens with one attached hydrogen (secondary N) is 1. The molecule has 0 aliphatic carbocycles. The van der Waals surface area contributed by atoms with Crippen molar-refractivity contribution >= 4 is 5.97 Å². The van der Waals surface area contributed by atoms with Gasteiger partial charge in [0.1, 0.15) is 6.04 Å². The summed E-state index contributed by atoms with van der Waals surface area (Å²) in [5.41, 5.74) is -0.471. The maximum atomic E-state index is 12.4. The van der Waals surface area contributed by atoms with Crippen LogP contribution in [0.15, 0.2) is 24.3 Å². The molecule has 112 valence electrons. The number of hydrogen-bond donors (Lipinski definition) is 2. The largest absolute Gasteiger partial charge is 0.480 e. The second-order valence-corrected chi connectivity index (χ2v) is 5.03. The molecule has 0 aliphatic rings. The van der Waals surface area contributed by atoms with Crippen LogP contribution in [-0.2, 0) is 11.0 Å². The molecular weight excluding hydrogens is 271 g/mol. The van der Waals surface area contributed by atoms with Gasteiger partial charge in [-0.15, -0.1) is 0 Å². The van der Waals surface area contributed by atoms with Crippen molar-refractivity contribution in [1.29, 1.82) is 0 Å². The Morgan fingerprint density at radius 3 is 2.20 bits per heavy atom. The highest BCUT2D eigenvalue weighted by Crippen LogP contribution is 2.29. The monoisotopic (exact) mass is 289 g/mol. The van der Waals surface area contributed by atoms with Crippen molar-refractivity contribution in [2.45, 2.75) is 32.5 Å². The van der Waals surface area contributed by atoms with Crippen LogP contribution in [0.5, 0.6) is 0 Å². The molecule has 20 heavy (non-hydrogen) atoms. The summed E-state index contributed by atoms with van der Waals surface area (Å²) in [6.45, 7) is 4.51. The maximum absolute atomic E-state index is 12.4. The SMILES string of the molecule is CC(C)CCNC(C(=O)O)c1ccc(C(F)(F)F)cc1. The van der Waals surface area contributed by atoms with Crippen LogP contribution in [0.1, 0.15) is 37.4 Å². The summed E-state index contributed by atoms with van der Waals surface area (Å²) in [6.07, 6.45) is -3.62. The van der Waals surface area contributed by atoms with E-state index in [9.17, 15) is 18.0 Å². The lowest BCUT2D eigenvalue weighted by atomic mass is 10.0. The number of rotatable bonds is 6. The molecule has 0 amide bonds. The fourth-order valence-corrected chi connectivity index (χ4v) is 1.73. The standard InChI is InChI=1S/C14H18F3NO2/c1-9(2)7-8-18-12(13(19)20)10-3-5-11(6-4-10)14(15,16)17/h3-6,9,12,18H,7-8H2,1-2H3,(H,19,20). The summed E-state index contributed by atoms with van der Waals surface area (Å²) in [6, 6.07) is 3.20. The molecule has 0 aromatic heterocycles. The average molecular weight is 289 g/mol. The van der Waals surface area contributed by atoms with Crippen molar-refractivity contribution in [2.75, 3.05) is 6.54 Å². The lowest BCUT2D eigenvalue weighted by Crippen LogP contribution is -2.29. The minimum atomic E-state index is -4.41. The molecule has 6 heteroatoms. The Balaban J connectivity index is 2.80. The van der Waals surface area contributed by atoms with Crippen molar-refractivity contribution in [3.8, 4) is 0 Å². The van der Waals surface area contributed by atoms with Gasteiger partial charge in [0, 0.05) is 0 Å². The number of carboxylic acids is 1. The fraction of sp³-hybridized carbons (Fsp3) is 0.500. The number of hydrogen-bond acceptors (Lipinski definition) is 2. The number of aliphatic carboxylic acids is 1. The molecule has 1 atom stereocenters. The van der Waals surface area contributed by atoms with E-state index < -0.39 is 23.8 Å². The van der Waals surface area contributed by atoms with Gasteiger partial charge < -0.3 is 10.4 Å². The van der Waals surface area contributed by atoms with Crippen molar-refractivity contribution in [3.05, 3.63) is 35.4 Å². The van der Waals surface area contributed by atoms with Gasteiger partial charge in [-0.3, -0.25) is 4.79 Å². The van der Waals surface area contributed by atoms with Crippen molar-refractivity contribution in [3.63, 3.8) is 0 Å². The number of alkyl halides is 3. The summed E-state index contributed by atoms with van der Waals surface area (Å²) < 4.78 is 37.3. The van der Waals surface area contributed by atoms with Gasteiger partial charge in [0.2, 0.25) is 0 Å². The van der Waals surface area contributed by atoms with Crippen LogP contribution in [0.2, 0.25) is 0 Å². The Labute approximate surface area is 115 Å². The quantitative estimate of drug-likeness (QED) is 0.843. The Hall–Kier alpha value is -1.56. The maximum Gasteiger partial charge on any atom is 0.416 e. The lowest BCUT2D eigenvalue weighted by Gasteiger charge is -2.16. The second kappa shape index (κ2) is 6.74. The van der Waals surface area contributed by atoms with Crippen LogP contribution < -0.4 is 5.32 Å². The highest BCUT2D eigenvalue weighted by Gasteiger charge is 2.30. The molecular formula is C14H18F3NO2. The predicted octanol–water partition coefficient (Wildman–Crippen LogP) is 3.47. The molecule has 0 radical (unpaired) electrons. The van der Waals surface area contributed by atoms with Gasteiger partial charge in [0.25, 0.3) is 0 Å². The molecule has 0 saturated carbocycles.